The van der Waals surface area contributed by atoms with Gasteiger partial charge in [0.1, 0.15) is 5.75 Å². The lowest BCUT2D eigenvalue weighted by molar-refractivity contribution is -0.118. The third kappa shape index (κ3) is 3.06. The van der Waals surface area contributed by atoms with Crippen molar-refractivity contribution in [2.45, 2.75) is 12.3 Å². The second kappa shape index (κ2) is 6.08. The van der Waals surface area contributed by atoms with Gasteiger partial charge in [0.15, 0.2) is 0 Å². The molecular weight excluding hydrogens is 354 g/mol. The van der Waals surface area contributed by atoms with E-state index in [1.807, 2.05) is 30.3 Å². The first-order valence-corrected chi connectivity index (χ1v) is 7.80. The Bertz CT molecular complexity index is 690. The van der Waals surface area contributed by atoms with Crippen LogP contribution in [0.15, 0.2) is 46.9 Å². The fourth-order valence-electron chi connectivity index (χ4n) is 2.43. The molecule has 3 rings (SSSR count). The van der Waals surface area contributed by atoms with E-state index in [9.17, 15) is 4.79 Å². The summed E-state index contributed by atoms with van der Waals surface area (Å²) in [6.07, 6.45) is 0.661. The molecule has 0 saturated heterocycles. The molecule has 2 aromatic rings. The van der Waals surface area contributed by atoms with Gasteiger partial charge in [0.2, 0.25) is 5.91 Å². The maximum atomic E-state index is 12.6. The smallest absolute Gasteiger partial charge is 0.232 e. The average molecular weight is 367 g/mol. The normalized spacial score (nSPS) is 16.8. The SMILES string of the molecule is O=C(Nc1cc(Br)ccc1Cl)C1CCOc2ccccc21. The van der Waals surface area contributed by atoms with Gasteiger partial charge in [0.05, 0.1) is 23.2 Å². The number of benzene rings is 2. The van der Waals surface area contributed by atoms with Crippen LogP contribution in [0.4, 0.5) is 5.69 Å². The summed E-state index contributed by atoms with van der Waals surface area (Å²) < 4.78 is 6.45. The van der Waals surface area contributed by atoms with Crippen LogP contribution in [0.3, 0.4) is 0 Å². The molecule has 108 valence electrons. The van der Waals surface area contributed by atoms with Crippen molar-refractivity contribution < 1.29 is 9.53 Å². The van der Waals surface area contributed by atoms with E-state index in [0.717, 1.165) is 15.8 Å². The third-order valence-electron chi connectivity index (χ3n) is 3.46. The topological polar surface area (TPSA) is 38.3 Å². The predicted octanol–water partition coefficient (Wildman–Crippen LogP) is 4.61. The molecule has 0 radical (unpaired) electrons. The number of carbonyl (C=O) groups excluding carboxylic acids is 1. The van der Waals surface area contributed by atoms with Crippen molar-refractivity contribution >= 4 is 39.1 Å². The highest BCUT2D eigenvalue weighted by Crippen LogP contribution is 2.35. The van der Waals surface area contributed by atoms with Gasteiger partial charge < -0.3 is 10.1 Å². The molecule has 1 aliphatic rings. The summed E-state index contributed by atoms with van der Waals surface area (Å²) in [6.45, 7) is 0.543. The molecule has 1 aliphatic heterocycles. The summed E-state index contributed by atoms with van der Waals surface area (Å²) in [5.41, 5.74) is 1.53. The van der Waals surface area contributed by atoms with E-state index in [0.29, 0.717) is 23.7 Å². The third-order valence-corrected chi connectivity index (χ3v) is 4.28. The molecule has 21 heavy (non-hydrogen) atoms. The molecule has 1 N–H and O–H groups in total. The van der Waals surface area contributed by atoms with Crippen molar-refractivity contribution in [1.82, 2.24) is 0 Å². The highest BCUT2D eigenvalue weighted by Gasteiger charge is 2.27. The van der Waals surface area contributed by atoms with Gasteiger partial charge in [0.25, 0.3) is 0 Å². The molecule has 5 heteroatoms. The highest BCUT2D eigenvalue weighted by molar-refractivity contribution is 9.10. The van der Waals surface area contributed by atoms with Crippen LogP contribution in [0.25, 0.3) is 0 Å². The predicted molar refractivity (Wildman–Crippen MR) is 87.1 cm³/mol. The molecular formula is C16H13BrClNO2. The van der Waals surface area contributed by atoms with Crippen LogP contribution >= 0.6 is 27.5 Å². The molecule has 0 bridgehead atoms. The van der Waals surface area contributed by atoms with Gasteiger partial charge in [-0.25, -0.2) is 0 Å². The molecule has 1 amide bonds. The fraction of sp³-hybridized carbons (Fsp3) is 0.188. The van der Waals surface area contributed by atoms with Crippen LogP contribution in [0, 0.1) is 0 Å². The lowest BCUT2D eigenvalue weighted by Gasteiger charge is -2.25. The zero-order valence-corrected chi connectivity index (χ0v) is 13.4. The van der Waals surface area contributed by atoms with Gasteiger partial charge in [-0.2, -0.15) is 0 Å². The first-order valence-electron chi connectivity index (χ1n) is 6.63. The van der Waals surface area contributed by atoms with E-state index >= 15 is 0 Å². The largest absolute Gasteiger partial charge is 0.493 e. The van der Waals surface area contributed by atoms with Gasteiger partial charge in [-0.15, -0.1) is 0 Å². The number of hydrogen-bond acceptors (Lipinski definition) is 2. The molecule has 0 aromatic heterocycles. The highest BCUT2D eigenvalue weighted by atomic mass is 79.9. The zero-order valence-electron chi connectivity index (χ0n) is 11.1. The number of hydrogen-bond donors (Lipinski definition) is 1. The van der Waals surface area contributed by atoms with Gasteiger partial charge in [-0.1, -0.05) is 45.7 Å². The van der Waals surface area contributed by atoms with Gasteiger partial charge in [-0.05, 0) is 30.7 Å². The van der Waals surface area contributed by atoms with Crippen LogP contribution in [-0.4, -0.2) is 12.5 Å². The standard InChI is InChI=1S/C16H13BrClNO2/c17-10-5-6-13(18)14(9-10)19-16(20)12-7-8-21-15-4-2-1-3-11(12)15/h1-6,9,12H,7-8H2,(H,19,20). The summed E-state index contributed by atoms with van der Waals surface area (Å²) in [4.78, 5) is 12.6. The number of nitrogens with one attached hydrogen (secondary N) is 1. The monoisotopic (exact) mass is 365 g/mol. The summed E-state index contributed by atoms with van der Waals surface area (Å²) in [5.74, 6) is 0.500. The molecule has 0 saturated carbocycles. The Kier molecular flexibility index (Phi) is 4.17. The average Bonchev–Trinajstić information content (AvgIpc) is 2.50. The Labute approximate surface area is 136 Å². The zero-order chi connectivity index (χ0) is 14.8. The molecule has 1 unspecified atom stereocenters. The summed E-state index contributed by atoms with van der Waals surface area (Å²) in [7, 11) is 0. The Hall–Kier alpha value is -1.52. The van der Waals surface area contributed by atoms with E-state index in [2.05, 4.69) is 21.2 Å². The lowest BCUT2D eigenvalue weighted by atomic mass is 9.92. The minimum Gasteiger partial charge on any atom is -0.493 e. The molecule has 0 aliphatic carbocycles. The number of ether oxygens (including phenoxy) is 1. The summed E-state index contributed by atoms with van der Waals surface area (Å²) in [5, 5.41) is 3.43. The van der Waals surface area contributed by atoms with E-state index in [1.54, 1.807) is 12.1 Å². The first-order chi connectivity index (χ1) is 10.1. The number of para-hydroxylation sites is 1. The Balaban J connectivity index is 1.85. The first kappa shape index (κ1) is 14.4. The molecule has 1 heterocycles. The van der Waals surface area contributed by atoms with Crippen molar-refractivity contribution in [2.75, 3.05) is 11.9 Å². The van der Waals surface area contributed by atoms with Gasteiger partial charge in [-0.3, -0.25) is 4.79 Å². The number of carbonyl (C=O) groups is 1. The molecule has 2 aromatic carbocycles. The number of fused-ring (bicyclic) bond motifs is 1. The second-order valence-corrected chi connectivity index (χ2v) is 6.16. The van der Waals surface area contributed by atoms with E-state index < -0.39 is 0 Å². The van der Waals surface area contributed by atoms with E-state index in [-0.39, 0.29) is 11.8 Å². The van der Waals surface area contributed by atoms with Crippen LogP contribution < -0.4 is 10.1 Å². The minimum atomic E-state index is -0.218. The van der Waals surface area contributed by atoms with Crippen LogP contribution in [0.2, 0.25) is 5.02 Å². The number of rotatable bonds is 2. The van der Waals surface area contributed by atoms with E-state index in [4.69, 9.17) is 16.3 Å². The summed E-state index contributed by atoms with van der Waals surface area (Å²) >= 11 is 9.50. The second-order valence-electron chi connectivity index (χ2n) is 4.84. The van der Waals surface area contributed by atoms with Crippen LogP contribution in [0.5, 0.6) is 5.75 Å². The van der Waals surface area contributed by atoms with Crippen LogP contribution in [0.1, 0.15) is 17.9 Å². The minimum absolute atomic E-state index is 0.0641. The van der Waals surface area contributed by atoms with Gasteiger partial charge in [0, 0.05) is 10.0 Å². The number of halogens is 2. The maximum Gasteiger partial charge on any atom is 0.232 e. The lowest BCUT2D eigenvalue weighted by Crippen LogP contribution is -2.26. The Morgan fingerprint density at radius 3 is 2.95 bits per heavy atom. The maximum absolute atomic E-state index is 12.6. The quantitative estimate of drug-likeness (QED) is 0.843. The summed E-state index contributed by atoms with van der Waals surface area (Å²) in [6, 6.07) is 13.0. The van der Waals surface area contributed by atoms with Crippen LogP contribution in [-0.2, 0) is 4.79 Å². The van der Waals surface area contributed by atoms with Crippen molar-refractivity contribution in [3.63, 3.8) is 0 Å². The molecule has 3 nitrogen and oxygen atoms in total. The van der Waals surface area contributed by atoms with E-state index in [1.165, 1.54) is 0 Å². The molecule has 1 atom stereocenters. The Morgan fingerprint density at radius 2 is 2.10 bits per heavy atom. The molecule has 0 fully saturated rings. The van der Waals surface area contributed by atoms with Crippen molar-refractivity contribution in [3.05, 3.63) is 57.5 Å². The fourth-order valence-corrected chi connectivity index (χ4v) is 2.95. The van der Waals surface area contributed by atoms with Crippen molar-refractivity contribution in [3.8, 4) is 5.75 Å². The van der Waals surface area contributed by atoms with Gasteiger partial charge >= 0.3 is 0 Å². The van der Waals surface area contributed by atoms with Crippen molar-refractivity contribution in [1.29, 1.82) is 0 Å². The number of amides is 1. The Morgan fingerprint density at radius 1 is 1.29 bits per heavy atom. The number of anilines is 1. The molecule has 0 spiro atoms. The van der Waals surface area contributed by atoms with Crippen molar-refractivity contribution in [2.24, 2.45) is 0 Å².